The van der Waals surface area contributed by atoms with Crippen molar-refractivity contribution in [1.82, 2.24) is 19.7 Å². The molecule has 2 rings (SSSR count). The van der Waals surface area contributed by atoms with Gasteiger partial charge in [-0.25, -0.2) is 0 Å². The van der Waals surface area contributed by atoms with Gasteiger partial charge in [0.05, 0.1) is 17.7 Å². The van der Waals surface area contributed by atoms with Gasteiger partial charge in [0.25, 0.3) is 0 Å². The summed E-state index contributed by atoms with van der Waals surface area (Å²) in [5, 5.41) is 18.3. The van der Waals surface area contributed by atoms with E-state index in [-0.39, 0.29) is 17.6 Å². The normalized spacial score (nSPS) is 11.6. The lowest BCUT2D eigenvalue weighted by atomic mass is 10.1. The maximum atomic E-state index is 12.5. The molecule has 1 amide bonds. The molecule has 142 valence electrons. The van der Waals surface area contributed by atoms with Gasteiger partial charge in [0, 0.05) is 25.2 Å². The number of aryl methyl sites for hydroxylation is 1. The summed E-state index contributed by atoms with van der Waals surface area (Å²) >= 11 is 1.36. The van der Waals surface area contributed by atoms with Crippen molar-refractivity contribution in [3.05, 3.63) is 42.5 Å². The summed E-state index contributed by atoms with van der Waals surface area (Å²) < 4.78 is 1.97. The van der Waals surface area contributed by atoms with Crippen LogP contribution in [0.1, 0.15) is 19.4 Å². The van der Waals surface area contributed by atoms with E-state index in [4.69, 9.17) is 5.26 Å². The fourth-order valence-electron chi connectivity index (χ4n) is 2.68. The van der Waals surface area contributed by atoms with Gasteiger partial charge in [0.2, 0.25) is 5.91 Å². The molecule has 0 radical (unpaired) electrons. The lowest BCUT2D eigenvalue weighted by molar-refractivity contribution is -0.128. The number of hydrogen-bond acceptors (Lipinski definition) is 5. The van der Waals surface area contributed by atoms with Crippen molar-refractivity contribution in [2.24, 2.45) is 5.92 Å². The third-order valence-corrected chi connectivity index (χ3v) is 5.03. The first-order valence-electron chi connectivity index (χ1n) is 8.91. The Morgan fingerprint density at radius 3 is 2.89 bits per heavy atom. The molecule has 1 aromatic heterocycles. The third-order valence-electron chi connectivity index (χ3n) is 4.08. The van der Waals surface area contributed by atoms with Crippen LogP contribution in [-0.2, 0) is 11.3 Å². The summed E-state index contributed by atoms with van der Waals surface area (Å²) in [6, 6.07) is 10.3. The number of benzene rings is 1. The average Bonchev–Trinajstić information content (AvgIpc) is 3.07. The van der Waals surface area contributed by atoms with Crippen LogP contribution in [0.4, 0.5) is 0 Å². The Labute approximate surface area is 164 Å². The molecule has 0 saturated heterocycles. The van der Waals surface area contributed by atoms with Crippen LogP contribution in [0.15, 0.2) is 42.1 Å². The van der Waals surface area contributed by atoms with Crippen molar-refractivity contribution in [2.45, 2.75) is 32.5 Å². The third kappa shape index (κ3) is 5.44. The van der Waals surface area contributed by atoms with Crippen LogP contribution in [-0.4, -0.2) is 44.4 Å². The molecule has 7 heteroatoms. The molecular formula is C20H25N5OS. The Bertz CT molecular complexity index is 839. The van der Waals surface area contributed by atoms with E-state index in [2.05, 4.69) is 28.9 Å². The Morgan fingerprint density at radius 2 is 2.26 bits per heavy atom. The van der Waals surface area contributed by atoms with E-state index in [1.807, 2.05) is 43.5 Å². The average molecular weight is 384 g/mol. The summed E-state index contributed by atoms with van der Waals surface area (Å²) in [6.45, 7) is 11.2. The van der Waals surface area contributed by atoms with Crippen molar-refractivity contribution < 1.29 is 4.79 Å². The molecule has 1 aromatic carbocycles. The minimum absolute atomic E-state index is 0.00476. The first-order chi connectivity index (χ1) is 13.0. The number of carbonyl (C=O) groups excluding carboxylic acids is 1. The molecule has 0 saturated carbocycles. The Hall–Kier alpha value is -2.59. The molecule has 1 unspecified atom stereocenters. The van der Waals surface area contributed by atoms with Gasteiger partial charge in [-0.3, -0.25) is 9.36 Å². The van der Waals surface area contributed by atoms with Gasteiger partial charge in [-0.05, 0) is 26.8 Å². The van der Waals surface area contributed by atoms with Gasteiger partial charge in [-0.2, -0.15) is 5.26 Å². The predicted octanol–water partition coefficient (Wildman–Crippen LogP) is 3.54. The lowest BCUT2D eigenvalue weighted by Gasteiger charge is -2.21. The fourth-order valence-corrected chi connectivity index (χ4v) is 3.53. The largest absolute Gasteiger partial charge is 0.341 e. The molecule has 1 heterocycles. The van der Waals surface area contributed by atoms with Crippen molar-refractivity contribution in [3.8, 4) is 17.5 Å². The first-order valence-corrected chi connectivity index (χ1v) is 9.90. The SMILES string of the molecule is C=CCn1c(SCC(=O)N(CC)CC(C)C#N)nnc1-c1cccc(C)c1. The number of rotatable bonds is 9. The number of nitriles is 1. The highest BCUT2D eigenvalue weighted by atomic mass is 32.2. The van der Waals surface area contributed by atoms with Crippen LogP contribution in [0.5, 0.6) is 0 Å². The molecular weight excluding hydrogens is 358 g/mol. The zero-order valence-electron chi connectivity index (χ0n) is 16.1. The van der Waals surface area contributed by atoms with Gasteiger partial charge < -0.3 is 4.90 Å². The second-order valence-corrected chi connectivity index (χ2v) is 7.27. The molecule has 0 aliphatic heterocycles. The van der Waals surface area contributed by atoms with Gasteiger partial charge in [0.1, 0.15) is 0 Å². The summed E-state index contributed by atoms with van der Waals surface area (Å²) in [5.41, 5.74) is 2.13. The number of aromatic nitrogens is 3. The molecule has 1 atom stereocenters. The molecule has 0 aliphatic carbocycles. The van der Waals surface area contributed by atoms with E-state index in [1.54, 1.807) is 11.0 Å². The molecule has 0 fully saturated rings. The summed E-state index contributed by atoms with van der Waals surface area (Å²) in [7, 11) is 0. The zero-order chi connectivity index (χ0) is 19.8. The van der Waals surface area contributed by atoms with Crippen LogP contribution < -0.4 is 0 Å². The molecule has 6 nitrogen and oxygen atoms in total. The summed E-state index contributed by atoms with van der Waals surface area (Å²) in [5.74, 6) is 0.833. The van der Waals surface area contributed by atoms with E-state index in [0.717, 1.165) is 17.0 Å². The smallest absolute Gasteiger partial charge is 0.233 e. The Balaban J connectivity index is 2.16. The molecule has 0 bridgehead atoms. The zero-order valence-corrected chi connectivity index (χ0v) is 16.9. The number of hydrogen-bond donors (Lipinski definition) is 0. The van der Waals surface area contributed by atoms with Gasteiger partial charge in [-0.1, -0.05) is 41.6 Å². The van der Waals surface area contributed by atoms with E-state index >= 15 is 0 Å². The maximum Gasteiger partial charge on any atom is 0.233 e. The van der Waals surface area contributed by atoms with Crippen molar-refractivity contribution >= 4 is 17.7 Å². The van der Waals surface area contributed by atoms with Gasteiger partial charge in [0.15, 0.2) is 11.0 Å². The molecule has 2 aromatic rings. The highest BCUT2D eigenvalue weighted by Gasteiger charge is 2.18. The fraction of sp³-hybridized carbons (Fsp3) is 0.400. The standard InChI is InChI=1S/C20H25N5OS/c1-5-10-25-19(17-9-7-8-15(3)11-17)22-23-20(25)27-14-18(26)24(6-2)13-16(4)12-21/h5,7-9,11,16H,1,6,10,13-14H2,2-4H3. The molecule has 0 aliphatic rings. The van der Waals surface area contributed by atoms with Crippen LogP contribution in [0, 0.1) is 24.2 Å². The minimum atomic E-state index is -0.184. The highest BCUT2D eigenvalue weighted by molar-refractivity contribution is 7.99. The van der Waals surface area contributed by atoms with Crippen LogP contribution in [0.2, 0.25) is 0 Å². The van der Waals surface area contributed by atoms with E-state index < -0.39 is 0 Å². The molecule has 27 heavy (non-hydrogen) atoms. The first kappa shape index (κ1) is 20.7. The van der Waals surface area contributed by atoms with E-state index in [0.29, 0.717) is 24.8 Å². The highest BCUT2D eigenvalue weighted by Crippen LogP contribution is 2.25. The van der Waals surface area contributed by atoms with Crippen LogP contribution >= 0.6 is 11.8 Å². The molecule has 0 N–H and O–H groups in total. The number of nitrogens with zero attached hydrogens (tertiary/aromatic N) is 5. The predicted molar refractivity (Wildman–Crippen MR) is 108 cm³/mol. The number of carbonyl (C=O) groups is 1. The maximum absolute atomic E-state index is 12.5. The Morgan fingerprint density at radius 1 is 1.48 bits per heavy atom. The number of thioether (sulfide) groups is 1. The monoisotopic (exact) mass is 383 g/mol. The quantitative estimate of drug-likeness (QED) is 0.489. The topological polar surface area (TPSA) is 74.8 Å². The second-order valence-electron chi connectivity index (χ2n) is 6.33. The van der Waals surface area contributed by atoms with Crippen molar-refractivity contribution in [1.29, 1.82) is 5.26 Å². The minimum Gasteiger partial charge on any atom is -0.341 e. The number of amides is 1. The number of allylic oxidation sites excluding steroid dienone is 1. The van der Waals surface area contributed by atoms with E-state index in [1.165, 1.54) is 11.8 Å². The van der Waals surface area contributed by atoms with Crippen molar-refractivity contribution in [3.63, 3.8) is 0 Å². The Kier molecular flexibility index (Phi) is 7.62. The van der Waals surface area contributed by atoms with Gasteiger partial charge in [-0.15, -0.1) is 16.8 Å². The van der Waals surface area contributed by atoms with Crippen LogP contribution in [0.3, 0.4) is 0 Å². The molecule has 0 spiro atoms. The van der Waals surface area contributed by atoms with Crippen LogP contribution in [0.25, 0.3) is 11.4 Å². The van der Waals surface area contributed by atoms with Gasteiger partial charge >= 0.3 is 0 Å². The lowest BCUT2D eigenvalue weighted by Crippen LogP contribution is -2.35. The van der Waals surface area contributed by atoms with E-state index in [9.17, 15) is 4.79 Å². The van der Waals surface area contributed by atoms with Crippen molar-refractivity contribution in [2.75, 3.05) is 18.8 Å². The summed E-state index contributed by atoms with van der Waals surface area (Å²) in [4.78, 5) is 14.2. The summed E-state index contributed by atoms with van der Waals surface area (Å²) in [6.07, 6.45) is 1.79. The second kappa shape index (κ2) is 9.93.